The molecule has 0 atom stereocenters. The molecule has 2 aromatic carbocycles. The summed E-state index contributed by atoms with van der Waals surface area (Å²) >= 11 is 0. The van der Waals surface area contributed by atoms with Crippen molar-refractivity contribution in [1.29, 1.82) is 5.41 Å². The molecule has 5 N–H and O–H groups in total. The second-order valence-electron chi connectivity index (χ2n) is 7.80. The molecule has 2 aromatic rings. The van der Waals surface area contributed by atoms with Crippen LogP contribution in [0.4, 0.5) is 20.6 Å². The van der Waals surface area contributed by atoms with E-state index in [-0.39, 0.29) is 16.6 Å². The molecule has 0 aromatic heterocycles. The van der Waals surface area contributed by atoms with Gasteiger partial charge in [-0.3, -0.25) is 0 Å². The second kappa shape index (κ2) is 7.78. The predicted molar refractivity (Wildman–Crippen MR) is 108 cm³/mol. The van der Waals surface area contributed by atoms with Crippen molar-refractivity contribution in [3.05, 3.63) is 59.4 Å². The Hall–Kier alpha value is -2.89. The van der Waals surface area contributed by atoms with Crippen molar-refractivity contribution in [3.8, 4) is 0 Å². The van der Waals surface area contributed by atoms with E-state index in [4.69, 9.17) is 11.1 Å². The molecule has 0 heterocycles. The fraction of sp³-hybridized carbons (Fsp3) is 0.333. The van der Waals surface area contributed by atoms with Gasteiger partial charge in [-0.1, -0.05) is 33.8 Å². The van der Waals surface area contributed by atoms with Gasteiger partial charge >= 0.3 is 6.03 Å². The highest BCUT2D eigenvalue weighted by atomic mass is 19.1. The molecule has 0 unspecified atom stereocenters. The second-order valence-corrected chi connectivity index (χ2v) is 7.80. The fourth-order valence-electron chi connectivity index (χ4n) is 2.79. The van der Waals surface area contributed by atoms with Crippen LogP contribution in [0.3, 0.4) is 0 Å². The minimum Gasteiger partial charge on any atom is -0.355 e. The number of carbonyl (C=O) groups excluding carboxylic acids is 1. The van der Waals surface area contributed by atoms with Crippen molar-refractivity contribution in [2.45, 2.75) is 33.1 Å². The van der Waals surface area contributed by atoms with Crippen molar-refractivity contribution in [1.82, 2.24) is 5.32 Å². The number of amides is 2. The van der Waals surface area contributed by atoms with Gasteiger partial charge in [-0.15, -0.1) is 0 Å². The summed E-state index contributed by atoms with van der Waals surface area (Å²) in [4.78, 5) is 11.1. The molecule has 0 spiro atoms. The molecule has 2 amide bonds. The van der Waals surface area contributed by atoms with Gasteiger partial charge in [0.2, 0.25) is 0 Å². The molecule has 0 bridgehead atoms. The third-order valence-corrected chi connectivity index (χ3v) is 5.45. The van der Waals surface area contributed by atoms with Crippen molar-refractivity contribution in [2.75, 3.05) is 11.9 Å². The Morgan fingerprint density at radius 3 is 2.33 bits per heavy atom. The highest BCUT2D eigenvalue weighted by molar-refractivity contribution is 5.87. The van der Waals surface area contributed by atoms with E-state index in [1.807, 2.05) is 18.2 Å². The lowest BCUT2D eigenvalue weighted by Gasteiger charge is -2.42. The van der Waals surface area contributed by atoms with Crippen molar-refractivity contribution >= 4 is 23.6 Å². The summed E-state index contributed by atoms with van der Waals surface area (Å²) in [6.07, 6.45) is 1.29. The van der Waals surface area contributed by atoms with Crippen LogP contribution >= 0.6 is 0 Å². The molecule has 0 saturated heterocycles. The van der Waals surface area contributed by atoms with E-state index in [9.17, 15) is 9.18 Å². The molecule has 0 aliphatic rings. The van der Waals surface area contributed by atoms with Crippen LogP contribution in [0.2, 0.25) is 0 Å². The summed E-state index contributed by atoms with van der Waals surface area (Å²) < 4.78 is 13.1. The standard InChI is InChI=1S/C21H27FN4O/c1-20(2,13-25-19(24)27)21(3,4)15-5-10-18(14(11-15)12-23)26-17-8-6-16(22)7-9-17/h5-12,23,26H,13H2,1-4H3,(H3,24,25,27). The van der Waals surface area contributed by atoms with Gasteiger partial charge in [-0.05, 0) is 52.8 Å². The molecule has 0 radical (unpaired) electrons. The van der Waals surface area contributed by atoms with Gasteiger partial charge < -0.3 is 21.8 Å². The number of nitrogens with two attached hydrogens (primary N) is 1. The number of primary amides is 1. The van der Waals surface area contributed by atoms with E-state index < -0.39 is 6.03 Å². The van der Waals surface area contributed by atoms with Crippen LogP contribution in [-0.4, -0.2) is 18.8 Å². The van der Waals surface area contributed by atoms with Gasteiger partial charge in [0.05, 0.1) is 0 Å². The van der Waals surface area contributed by atoms with Crippen molar-refractivity contribution in [2.24, 2.45) is 11.1 Å². The first kappa shape index (κ1) is 20.4. The fourth-order valence-corrected chi connectivity index (χ4v) is 2.79. The van der Waals surface area contributed by atoms with Crippen LogP contribution in [0.5, 0.6) is 0 Å². The largest absolute Gasteiger partial charge is 0.355 e. The van der Waals surface area contributed by atoms with Crippen LogP contribution in [0, 0.1) is 16.6 Å². The molecule has 0 fully saturated rings. The third-order valence-electron chi connectivity index (χ3n) is 5.45. The number of carbonyl (C=O) groups is 1. The molecular weight excluding hydrogens is 343 g/mol. The molecule has 5 nitrogen and oxygen atoms in total. The van der Waals surface area contributed by atoms with E-state index in [1.54, 1.807) is 12.1 Å². The number of hydrogen-bond acceptors (Lipinski definition) is 3. The Labute approximate surface area is 159 Å². The Bertz CT molecular complexity index is 829. The van der Waals surface area contributed by atoms with Gasteiger partial charge in [0.25, 0.3) is 0 Å². The molecule has 6 heteroatoms. The minimum atomic E-state index is -0.544. The number of benzene rings is 2. The summed E-state index contributed by atoms with van der Waals surface area (Å²) in [6, 6.07) is 11.4. The first-order valence-electron chi connectivity index (χ1n) is 8.78. The summed E-state index contributed by atoms with van der Waals surface area (Å²) in [5.74, 6) is -0.295. The van der Waals surface area contributed by atoms with E-state index >= 15 is 0 Å². The number of anilines is 2. The van der Waals surface area contributed by atoms with Gasteiger partial charge in [0.15, 0.2) is 0 Å². The molecular formula is C21H27FN4O. The molecule has 0 aliphatic carbocycles. The maximum Gasteiger partial charge on any atom is 0.312 e. The summed E-state index contributed by atoms with van der Waals surface area (Å²) in [5, 5.41) is 13.7. The topological polar surface area (TPSA) is 91.0 Å². The zero-order valence-corrected chi connectivity index (χ0v) is 16.2. The predicted octanol–water partition coefficient (Wildman–Crippen LogP) is 4.54. The van der Waals surface area contributed by atoms with Gasteiger partial charge in [0, 0.05) is 29.7 Å². The van der Waals surface area contributed by atoms with Crippen molar-refractivity contribution in [3.63, 3.8) is 0 Å². The lowest BCUT2D eigenvalue weighted by atomic mass is 9.64. The zero-order chi connectivity index (χ0) is 20.2. The van der Waals surface area contributed by atoms with Gasteiger partial charge in [-0.2, -0.15) is 0 Å². The molecule has 27 heavy (non-hydrogen) atoms. The van der Waals surface area contributed by atoms with Crippen LogP contribution < -0.4 is 16.4 Å². The highest BCUT2D eigenvalue weighted by Crippen LogP contribution is 2.41. The highest BCUT2D eigenvalue weighted by Gasteiger charge is 2.38. The van der Waals surface area contributed by atoms with E-state index in [0.29, 0.717) is 6.54 Å². The lowest BCUT2D eigenvalue weighted by Crippen LogP contribution is -2.46. The molecule has 0 aliphatic heterocycles. The summed E-state index contributed by atoms with van der Waals surface area (Å²) in [5.41, 5.74) is 7.94. The minimum absolute atomic E-state index is 0.271. The van der Waals surface area contributed by atoms with Crippen molar-refractivity contribution < 1.29 is 9.18 Å². The number of rotatable bonds is 7. The molecule has 0 saturated carbocycles. The number of nitrogens with one attached hydrogen (secondary N) is 3. The summed E-state index contributed by atoms with van der Waals surface area (Å²) in [7, 11) is 0. The molecule has 2 rings (SSSR count). The third kappa shape index (κ3) is 4.64. The number of halogens is 1. The molecule has 144 valence electrons. The Kier molecular flexibility index (Phi) is 5.88. The average Bonchev–Trinajstić information content (AvgIpc) is 2.62. The quantitative estimate of drug-likeness (QED) is 0.539. The van der Waals surface area contributed by atoms with Crippen LogP contribution in [0.1, 0.15) is 38.8 Å². The van der Waals surface area contributed by atoms with E-state index in [2.05, 4.69) is 38.3 Å². The number of urea groups is 1. The maximum absolute atomic E-state index is 13.1. The van der Waals surface area contributed by atoms with Crippen LogP contribution in [-0.2, 0) is 5.41 Å². The van der Waals surface area contributed by atoms with Gasteiger partial charge in [0.1, 0.15) is 5.82 Å². The first-order valence-corrected chi connectivity index (χ1v) is 8.78. The monoisotopic (exact) mass is 370 g/mol. The Morgan fingerprint density at radius 2 is 1.78 bits per heavy atom. The average molecular weight is 370 g/mol. The van der Waals surface area contributed by atoms with Crippen LogP contribution in [0.25, 0.3) is 0 Å². The maximum atomic E-state index is 13.1. The lowest BCUT2D eigenvalue weighted by molar-refractivity contribution is 0.188. The van der Waals surface area contributed by atoms with E-state index in [0.717, 1.165) is 22.5 Å². The van der Waals surface area contributed by atoms with Gasteiger partial charge in [-0.25, -0.2) is 9.18 Å². The zero-order valence-electron chi connectivity index (χ0n) is 16.2. The Morgan fingerprint density at radius 1 is 1.15 bits per heavy atom. The Balaban J connectivity index is 2.32. The normalized spacial score (nSPS) is 11.7. The van der Waals surface area contributed by atoms with E-state index in [1.165, 1.54) is 18.3 Å². The first-order chi connectivity index (χ1) is 12.6. The SMILES string of the molecule is CC(C)(CNC(N)=O)C(C)(C)c1ccc(Nc2ccc(F)cc2)c(C=N)c1. The number of hydrogen-bond donors (Lipinski definition) is 4. The summed E-state index contributed by atoms with van der Waals surface area (Å²) in [6.45, 7) is 8.78. The smallest absolute Gasteiger partial charge is 0.312 e. The van der Waals surface area contributed by atoms with Crippen LogP contribution in [0.15, 0.2) is 42.5 Å².